The second-order valence-electron chi connectivity index (χ2n) is 7.14. The molecule has 0 spiro atoms. The zero-order chi connectivity index (χ0) is 15.4. The monoisotopic (exact) mass is 308 g/mol. The minimum Gasteiger partial charge on any atom is -0.435 e. The van der Waals surface area contributed by atoms with E-state index in [0.717, 1.165) is 32.1 Å². The quantitative estimate of drug-likeness (QED) is 0.574. The van der Waals surface area contributed by atoms with E-state index < -0.39 is 6.29 Å². The molecule has 0 aromatic carbocycles. The van der Waals surface area contributed by atoms with Crippen LogP contribution in [0.2, 0.25) is 0 Å². The minimum atomic E-state index is -0.976. The predicted molar refractivity (Wildman–Crippen MR) is 71.8 cm³/mol. The SMILES string of the molecule is O=C1OC(O)C2CCC(C3CCCC4C(=O)OC(=O)C43)CC12. The molecule has 2 aliphatic carbocycles. The maximum atomic E-state index is 12.0. The number of hydrogen-bond acceptors (Lipinski definition) is 6. The van der Waals surface area contributed by atoms with Crippen molar-refractivity contribution in [3.8, 4) is 0 Å². The summed E-state index contributed by atoms with van der Waals surface area (Å²) < 4.78 is 9.78. The molecule has 6 heteroatoms. The normalized spacial score (nSPS) is 47.7. The largest absolute Gasteiger partial charge is 0.435 e. The Morgan fingerprint density at radius 2 is 1.68 bits per heavy atom. The van der Waals surface area contributed by atoms with Crippen molar-refractivity contribution in [3.63, 3.8) is 0 Å². The van der Waals surface area contributed by atoms with Gasteiger partial charge in [0.2, 0.25) is 6.29 Å². The maximum Gasteiger partial charge on any atom is 0.317 e. The fourth-order valence-corrected chi connectivity index (χ4v) is 5.13. The average Bonchev–Trinajstić information content (AvgIpc) is 2.96. The third kappa shape index (κ3) is 2.00. The van der Waals surface area contributed by atoms with Gasteiger partial charge >= 0.3 is 17.9 Å². The van der Waals surface area contributed by atoms with E-state index in [4.69, 9.17) is 9.47 Å². The summed E-state index contributed by atoms with van der Waals surface area (Å²) in [5.41, 5.74) is 0. The topological polar surface area (TPSA) is 89.9 Å². The van der Waals surface area contributed by atoms with Crippen molar-refractivity contribution in [2.24, 2.45) is 35.5 Å². The number of esters is 3. The summed E-state index contributed by atoms with van der Waals surface area (Å²) in [6, 6.07) is 0. The number of ether oxygens (including phenoxy) is 2. The molecule has 7 atom stereocenters. The molecule has 0 aromatic heterocycles. The summed E-state index contributed by atoms with van der Waals surface area (Å²) >= 11 is 0. The van der Waals surface area contributed by atoms with Crippen LogP contribution >= 0.6 is 0 Å². The van der Waals surface area contributed by atoms with Crippen LogP contribution in [0, 0.1) is 35.5 Å². The lowest BCUT2D eigenvalue weighted by atomic mass is 9.62. The van der Waals surface area contributed by atoms with Crippen molar-refractivity contribution in [2.75, 3.05) is 0 Å². The van der Waals surface area contributed by atoms with Gasteiger partial charge in [-0.25, -0.2) is 0 Å². The molecule has 4 rings (SSSR count). The molecule has 6 nitrogen and oxygen atoms in total. The maximum absolute atomic E-state index is 12.0. The Bertz CT molecular complexity index is 529. The number of cyclic esters (lactones) is 3. The molecule has 0 bridgehead atoms. The van der Waals surface area contributed by atoms with Gasteiger partial charge in [0.25, 0.3) is 0 Å². The van der Waals surface area contributed by atoms with Gasteiger partial charge in [-0.2, -0.15) is 0 Å². The van der Waals surface area contributed by atoms with Crippen molar-refractivity contribution in [1.82, 2.24) is 0 Å². The van der Waals surface area contributed by atoms with E-state index in [-0.39, 0.29) is 53.4 Å². The number of hydrogen-bond donors (Lipinski definition) is 1. The van der Waals surface area contributed by atoms with E-state index in [9.17, 15) is 19.5 Å². The summed E-state index contributed by atoms with van der Waals surface area (Å²) in [6.45, 7) is 0. The van der Waals surface area contributed by atoms with Crippen LogP contribution in [0.25, 0.3) is 0 Å². The first-order valence-electron chi connectivity index (χ1n) is 8.20. The van der Waals surface area contributed by atoms with Crippen LogP contribution in [-0.4, -0.2) is 29.3 Å². The summed E-state index contributed by atoms with van der Waals surface area (Å²) in [7, 11) is 0. The third-order valence-corrected chi connectivity index (χ3v) is 6.18. The molecule has 2 heterocycles. The van der Waals surface area contributed by atoms with Gasteiger partial charge in [0.1, 0.15) is 0 Å². The van der Waals surface area contributed by atoms with E-state index in [1.165, 1.54) is 0 Å². The van der Waals surface area contributed by atoms with Crippen LogP contribution in [-0.2, 0) is 23.9 Å². The van der Waals surface area contributed by atoms with Crippen LogP contribution in [0.15, 0.2) is 0 Å². The highest BCUT2D eigenvalue weighted by Crippen LogP contribution is 2.51. The lowest BCUT2D eigenvalue weighted by Crippen LogP contribution is -2.39. The van der Waals surface area contributed by atoms with Crippen LogP contribution in [0.4, 0.5) is 0 Å². The zero-order valence-electron chi connectivity index (χ0n) is 12.3. The van der Waals surface area contributed by atoms with Gasteiger partial charge in [0.15, 0.2) is 0 Å². The first-order valence-corrected chi connectivity index (χ1v) is 8.20. The van der Waals surface area contributed by atoms with Crippen LogP contribution in [0.5, 0.6) is 0 Å². The molecule has 7 unspecified atom stereocenters. The van der Waals surface area contributed by atoms with Crippen molar-refractivity contribution in [1.29, 1.82) is 0 Å². The molecule has 0 radical (unpaired) electrons. The highest BCUT2D eigenvalue weighted by molar-refractivity contribution is 5.96. The van der Waals surface area contributed by atoms with Gasteiger partial charge < -0.3 is 14.6 Å². The highest BCUT2D eigenvalue weighted by Gasteiger charge is 2.55. The number of rotatable bonds is 1. The predicted octanol–water partition coefficient (Wildman–Crippen LogP) is 1.01. The molecule has 2 saturated carbocycles. The molecule has 4 fully saturated rings. The van der Waals surface area contributed by atoms with Crippen LogP contribution in [0.3, 0.4) is 0 Å². The lowest BCUT2D eigenvalue weighted by Gasteiger charge is -2.39. The van der Waals surface area contributed by atoms with Gasteiger partial charge in [-0.15, -0.1) is 0 Å². The fraction of sp³-hybridized carbons (Fsp3) is 0.812. The standard InChI is InChI=1S/C16H20O6/c17-13-9-5-4-7(6-11(9)15(19)21-13)8-2-1-3-10-12(8)16(20)22-14(10)18/h7-13,17H,1-6H2. The Morgan fingerprint density at radius 3 is 2.50 bits per heavy atom. The van der Waals surface area contributed by atoms with Gasteiger partial charge in [0, 0.05) is 5.92 Å². The molecule has 4 aliphatic rings. The molecular weight excluding hydrogens is 288 g/mol. The van der Waals surface area contributed by atoms with Crippen molar-refractivity contribution < 1.29 is 29.0 Å². The van der Waals surface area contributed by atoms with Gasteiger partial charge in [-0.1, -0.05) is 6.42 Å². The van der Waals surface area contributed by atoms with Gasteiger partial charge in [0.05, 0.1) is 17.8 Å². The zero-order valence-corrected chi connectivity index (χ0v) is 12.3. The van der Waals surface area contributed by atoms with E-state index >= 15 is 0 Å². The number of carbonyl (C=O) groups excluding carboxylic acids is 3. The van der Waals surface area contributed by atoms with Crippen molar-refractivity contribution in [2.45, 2.75) is 44.8 Å². The minimum absolute atomic E-state index is 0.111. The first-order chi connectivity index (χ1) is 10.6. The van der Waals surface area contributed by atoms with Gasteiger partial charge in [-0.3, -0.25) is 14.4 Å². The Labute approximate surface area is 128 Å². The average molecular weight is 308 g/mol. The molecule has 1 N–H and O–H groups in total. The number of aliphatic hydroxyl groups is 1. The summed E-state index contributed by atoms with van der Waals surface area (Å²) in [5.74, 6) is -1.72. The van der Waals surface area contributed by atoms with Gasteiger partial charge in [-0.05, 0) is 43.9 Å². The van der Waals surface area contributed by atoms with Crippen molar-refractivity contribution in [3.05, 3.63) is 0 Å². The Balaban J connectivity index is 1.54. The number of fused-ring (bicyclic) bond motifs is 2. The van der Waals surface area contributed by atoms with Crippen LogP contribution in [0.1, 0.15) is 38.5 Å². The molecular formula is C16H20O6. The molecule has 0 amide bonds. The Hall–Kier alpha value is -1.43. The highest BCUT2D eigenvalue weighted by atomic mass is 16.6. The molecule has 2 saturated heterocycles. The number of carbonyl (C=O) groups is 3. The van der Waals surface area contributed by atoms with E-state index in [1.807, 2.05) is 0 Å². The van der Waals surface area contributed by atoms with Crippen LogP contribution < -0.4 is 0 Å². The summed E-state index contributed by atoms with van der Waals surface area (Å²) in [6.07, 6.45) is 3.83. The Kier molecular flexibility index (Phi) is 3.25. The molecule has 22 heavy (non-hydrogen) atoms. The van der Waals surface area contributed by atoms with E-state index in [2.05, 4.69) is 0 Å². The first kappa shape index (κ1) is 14.2. The number of aliphatic hydroxyl groups excluding tert-OH is 1. The second-order valence-corrected chi connectivity index (χ2v) is 7.14. The van der Waals surface area contributed by atoms with Crippen molar-refractivity contribution >= 4 is 17.9 Å². The van der Waals surface area contributed by atoms with E-state index in [1.54, 1.807) is 0 Å². The van der Waals surface area contributed by atoms with E-state index in [0.29, 0.717) is 6.42 Å². The lowest BCUT2D eigenvalue weighted by molar-refractivity contribution is -0.157. The smallest absolute Gasteiger partial charge is 0.317 e. The molecule has 120 valence electrons. The summed E-state index contributed by atoms with van der Waals surface area (Å²) in [5, 5.41) is 9.76. The third-order valence-electron chi connectivity index (χ3n) is 6.18. The summed E-state index contributed by atoms with van der Waals surface area (Å²) in [4.78, 5) is 35.7. The Morgan fingerprint density at radius 1 is 0.864 bits per heavy atom. The second kappa shape index (κ2) is 5.05. The fourth-order valence-electron chi connectivity index (χ4n) is 5.13. The molecule has 0 aromatic rings. The molecule has 2 aliphatic heterocycles.